The number of rotatable bonds is 6. The van der Waals surface area contributed by atoms with Gasteiger partial charge in [-0.2, -0.15) is 0 Å². The Balaban J connectivity index is 2.26. The molecule has 1 unspecified atom stereocenters. The molecular weight excluding hydrogens is 281 g/mol. The molecule has 1 aromatic heterocycles. The Morgan fingerprint density at radius 2 is 1.95 bits per heavy atom. The highest BCUT2D eigenvalue weighted by Crippen LogP contribution is 2.32. The van der Waals surface area contributed by atoms with Crippen molar-refractivity contribution in [1.29, 1.82) is 0 Å². The van der Waals surface area contributed by atoms with E-state index in [1.54, 1.807) is 12.5 Å². The van der Waals surface area contributed by atoms with E-state index in [9.17, 15) is 0 Å². The molecule has 19 heavy (non-hydrogen) atoms. The highest BCUT2D eigenvalue weighted by molar-refractivity contribution is 6.36. The van der Waals surface area contributed by atoms with Gasteiger partial charge in [0.25, 0.3) is 0 Å². The average molecular weight is 298 g/mol. The lowest BCUT2D eigenvalue weighted by molar-refractivity contribution is 0.521. The van der Waals surface area contributed by atoms with Crippen molar-refractivity contribution in [3.63, 3.8) is 0 Å². The average Bonchev–Trinajstić information content (AvgIpc) is 2.88. The van der Waals surface area contributed by atoms with Gasteiger partial charge in [-0.3, -0.25) is 0 Å². The topological polar surface area (TPSA) is 25.2 Å². The van der Waals surface area contributed by atoms with Gasteiger partial charge in [-0.1, -0.05) is 36.2 Å². The second-order valence-corrected chi connectivity index (χ2v) is 5.29. The van der Waals surface area contributed by atoms with Crippen LogP contribution in [0.15, 0.2) is 41.2 Å². The Labute approximate surface area is 123 Å². The van der Waals surface area contributed by atoms with E-state index in [2.05, 4.69) is 12.2 Å². The fourth-order valence-electron chi connectivity index (χ4n) is 2.08. The maximum absolute atomic E-state index is 6.30. The van der Waals surface area contributed by atoms with Crippen molar-refractivity contribution in [2.75, 3.05) is 6.54 Å². The number of furan rings is 1. The molecule has 0 bridgehead atoms. The molecule has 2 aromatic rings. The van der Waals surface area contributed by atoms with Crippen LogP contribution < -0.4 is 5.32 Å². The van der Waals surface area contributed by atoms with Crippen molar-refractivity contribution in [3.05, 3.63) is 58.0 Å². The third-order valence-corrected chi connectivity index (χ3v) is 3.67. The van der Waals surface area contributed by atoms with Crippen LogP contribution in [0.4, 0.5) is 0 Å². The van der Waals surface area contributed by atoms with Gasteiger partial charge in [0.05, 0.1) is 12.5 Å². The summed E-state index contributed by atoms with van der Waals surface area (Å²) in [6, 6.07) is 7.67. The number of halogens is 2. The summed E-state index contributed by atoms with van der Waals surface area (Å²) in [7, 11) is 0. The molecule has 0 aliphatic heterocycles. The second-order valence-electron chi connectivity index (χ2n) is 4.48. The summed E-state index contributed by atoms with van der Waals surface area (Å²) < 4.78 is 5.12. The van der Waals surface area contributed by atoms with Crippen LogP contribution in [0.1, 0.15) is 30.5 Å². The molecule has 4 heteroatoms. The van der Waals surface area contributed by atoms with Crippen molar-refractivity contribution in [1.82, 2.24) is 5.32 Å². The number of nitrogens with one attached hydrogen (secondary N) is 1. The number of hydrogen-bond donors (Lipinski definition) is 1. The molecule has 102 valence electrons. The first-order valence-electron chi connectivity index (χ1n) is 6.40. The first kappa shape index (κ1) is 14.4. The van der Waals surface area contributed by atoms with Crippen LogP contribution in [0.3, 0.4) is 0 Å². The lowest BCUT2D eigenvalue weighted by atomic mass is 10.00. The fourth-order valence-corrected chi connectivity index (χ4v) is 2.74. The predicted octanol–water partition coefficient (Wildman–Crippen LogP) is 4.87. The van der Waals surface area contributed by atoms with Gasteiger partial charge in [0.2, 0.25) is 0 Å². The molecular formula is C15H17Cl2NO. The van der Waals surface area contributed by atoms with E-state index in [1.807, 2.05) is 24.3 Å². The van der Waals surface area contributed by atoms with Gasteiger partial charge >= 0.3 is 0 Å². The van der Waals surface area contributed by atoms with E-state index in [0.717, 1.165) is 30.5 Å². The molecule has 0 saturated carbocycles. The van der Waals surface area contributed by atoms with E-state index in [-0.39, 0.29) is 6.04 Å². The smallest absolute Gasteiger partial charge is 0.0935 e. The van der Waals surface area contributed by atoms with Gasteiger partial charge in [-0.05, 0) is 43.1 Å². The molecule has 0 amide bonds. The molecule has 0 radical (unpaired) electrons. The van der Waals surface area contributed by atoms with Gasteiger partial charge in [-0.15, -0.1) is 0 Å². The quantitative estimate of drug-likeness (QED) is 0.823. The Morgan fingerprint density at radius 3 is 2.53 bits per heavy atom. The third kappa shape index (κ3) is 3.75. The molecule has 1 atom stereocenters. The normalized spacial score (nSPS) is 12.6. The maximum Gasteiger partial charge on any atom is 0.0935 e. The largest absolute Gasteiger partial charge is 0.472 e. The van der Waals surface area contributed by atoms with Gasteiger partial charge in [0.1, 0.15) is 0 Å². The highest BCUT2D eigenvalue weighted by Gasteiger charge is 2.18. The van der Waals surface area contributed by atoms with Gasteiger partial charge in [0.15, 0.2) is 0 Å². The summed E-state index contributed by atoms with van der Waals surface area (Å²) in [6.45, 7) is 3.06. The van der Waals surface area contributed by atoms with E-state index >= 15 is 0 Å². The minimum atomic E-state index is 0.0961. The first-order chi connectivity index (χ1) is 9.22. The van der Waals surface area contributed by atoms with Crippen molar-refractivity contribution < 1.29 is 4.42 Å². The van der Waals surface area contributed by atoms with Gasteiger partial charge < -0.3 is 9.73 Å². The molecule has 2 rings (SSSR count). The van der Waals surface area contributed by atoms with Crippen LogP contribution in [-0.2, 0) is 6.42 Å². The first-order valence-corrected chi connectivity index (χ1v) is 7.16. The monoisotopic (exact) mass is 297 g/mol. The minimum Gasteiger partial charge on any atom is -0.472 e. The summed E-state index contributed by atoms with van der Waals surface area (Å²) in [5.74, 6) is 0. The molecule has 0 aliphatic rings. The van der Waals surface area contributed by atoms with Crippen molar-refractivity contribution in [2.45, 2.75) is 25.8 Å². The van der Waals surface area contributed by atoms with Crippen LogP contribution in [0.25, 0.3) is 0 Å². The molecule has 0 spiro atoms. The lowest BCUT2D eigenvalue weighted by Gasteiger charge is -2.20. The van der Waals surface area contributed by atoms with E-state index in [4.69, 9.17) is 27.6 Å². The maximum atomic E-state index is 6.30. The molecule has 0 fully saturated rings. The van der Waals surface area contributed by atoms with Crippen LogP contribution in [0.5, 0.6) is 0 Å². The summed E-state index contributed by atoms with van der Waals surface area (Å²) in [5, 5.41) is 4.89. The van der Waals surface area contributed by atoms with Crippen molar-refractivity contribution in [2.24, 2.45) is 0 Å². The predicted molar refractivity (Wildman–Crippen MR) is 79.9 cm³/mol. The van der Waals surface area contributed by atoms with Crippen molar-refractivity contribution in [3.8, 4) is 0 Å². The SMILES string of the molecule is CCCNC(Cc1ccoc1)c1c(Cl)cccc1Cl. The summed E-state index contributed by atoms with van der Waals surface area (Å²) in [4.78, 5) is 0. The minimum absolute atomic E-state index is 0.0961. The van der Waals surface area contributed by atoms with Crippen LogP contribution in [-0.4, -0.2) is 6.54 Å². The molecule has 1 heterocycles. The fraction of sp³-hybridized carbons (Fsp3) is 0.333. The van der Waals surface area contributed by atoms with Crippen LogP contribution in [0, 0.1) is 0 Å². The standard InChI is InChI=1S/C15H17Cl2NO/c1-2-7-18-14(9-11-6-8-19-10-11)15-12(16)4-3-5-13(15)17/h3-6,8,10,14,18H,2,7,9H2,1H3. The Kier molecular flexibility index (Phi) is 5.32. The van der Waals surface area contributed by atoms with E-state index in [1.165, 1.54) is 0 Å². The summed E-state index contributed by atoms with van der Waals surface area (Å²) >= 11 is 12.6. The Hall–Kier alpha value is -0.960. The summed E-state index contributed by atoms with van der Waals surface area (Å²) in [6.07, 6.45) is 5.30. The zero-order valence-electron chi connectivity index (χ0n) is 10.8. The Bertz CT molecular complexity index is 491. The summed E-state index contributed by atoms with van der Waals surface area (Å²) in [5.41, 5.74) is 2.09. The molecule has 1 N–H and O–H groups in total. The lowest BCUT2D eigenvalue weighted by Crippen LogP contribution is -2.24. The van der Waals surface area contributed by atoms with Crippen LogP contribution >= 0.6 is 23.2 Å². The molecule has 1 aromatic carbocycles. The molecule has 0 saturated heterocycles. The zero-order chi connectivity index (χ0) is 13.7. The third-order valence-electron chi connectivity index (χ3n) is 3.01. The molecule has 0 aliphatic carbocycles. The van der Waals surface area contributed by atoms with Crippen molar-refractivity contribution >= 4 is 23.2 Å². The van der Waals surface area contributed by atoms with Gasteiger partial charge in [-0.25, -0.2) is 0 Å². The van der Waals surface area contributed by atoms with E-state index in [0.29, 0.717) is 10.0 Å². The zero-order valence-corrected chi connectivity index (χ0v) is 12.3. The van der Waals surface area contributed by atoms with Gasteiger partial charge in [0, 0.05) is 21.7 Å². The second kappa shape index (κ2) is 6.99. The van der Waals surface area contributed by atoms with Crippen LogP contribution in [0.2, 0.25) is 10.0 Å². The number of benzene rings is 1. The molecule has 2 nitrogen and oxygen atoms in total. The van der Waals surface area contributed by atoms with E-state index < -0.39 is 0 Å². The highest BCUT2D eigenvalue weighted by atomic mass is 35.5. The number of hydrogen-bond acceptors (Lipinski definition) is 2. The Morgan fingerprint density at radius 1 is 1.21 bits per heavy atom.